The van der Waals surface area contributed by atoms with Gasteiger partial charge in [-0.2, -0.15) is 13.2 Å². The van der Waals surface area contributed by atoms with Crippen molar-refractivity contribution >= 4 is 45.6 Å². The van der Waals surface area contributed by atoms with Gasteiger partial charge in [0.05, 0.1) is 10.6 Å². The third-order valence-electron chi connectivity index (χ3n) is 1.86. The summed E-state index contributed by atoms with van der Waals surface area (Å²) in [5.74, 6) is 0. The molecular weight excluding hydrogens is 303 g/mol. The Bertz CT molecular complexity index is 446. The zero-order valence-corrected chi connectivity index (χ0v) is 12.0. The van der Waals surface area contributed by atoms with Crippen LogP contribution in [0.1, 0.15) is 19.4 Å². The van der Waals surface area contributed by atoms with E-state index in [4.69, 9.17) is 23.8 Å². The summed E-state index contributed by atoms with van der Waals surface area (Å²) in [6.45, 7) is 3.89. The van der Waals surface area contributed by atoms with Gasteiger partial charge in [0.25, 0.3) is 0 Å². The first-order valence-electron chi connectivity index (χ1n) is 5.04. The van der Waals surface area contributed by atoms with Crippen LogP contribution in [-0.2, 0) is 6.18 Å². The van der Waals surface area contributed by atoms with E-state index in [1.165, 1.54) is 23.9 Å². The predicted octanol–water partition coefficient (Wildman–Crippen LogP) is 5.20. The molecule has 0 spiro atoms. The zero-order chi connectivity index (χ0) is 13.9. The Labute approximate surface area is 118 Å². The molecule has 0 aliphatic carbocycles. The van der Waals surface area contributed by atoms with Crippen LogP contribution in [0, 0.1) is 0 Å². The highest BCUT2D eigenvalue weighted by Gasteiger charge is 2.33. The number of anilines is 1. The second-order valence-corrected chi connectivity index (χ2v) is 6.43. The molecule has 0 unspecified atom stereocenters. The van der Waals surface area contributed by atoms with Gasteiger partial charge in [0.2, 0.25) is 0 Å². The molecule has 0 heterocycles. The van der Waals surface area contributed by atoms with Gasteiger partial charge in [0.1, 0.15) is 4.32 Å². The lowest BCUT2D eigenvalue weighted by molar-refractivity contribution is -0.137. The number of rotatable bonds is 2. The van der Waals surface area contributed by atoms with Gasteiger partial charge in [-0.05, 0) is 18.2 Å². The largest absolute Gasteiger partial charge is 0.417 e. The molecule has 0 aliphatic rings. The maximum Gasteiger partial charge on any atom is 0.417 e. The number of nitrogens with one attached hydrogen (secondary N) is 1. The van der Waals surface area contributed by atoms with Gasteiger partial charge in [-0.15, -0.1) is 0 Å². The van der Waals surface area contributed by atoms with E-state index in [0.29, 0.717) is 4.32 Å². The summed E-state index contributed by atoms with van der Waals surface area (Å²) in [6, 6.07) is 3.62. The monoisotopic (exact) mass is 313 g/mol. The third-order valence-corrected chi connectivity index (χ3v) is 3.37. The summed E-state index contributed by atoms with van der Waals surface area (Å²) in [5.41, 5.74) is -0.587. The highest BCUT2D eigenvalue weighted by molar-refractivity contribution is 8.23. The minimum absolute atomic E-state index is 0.263. The Morgan fingerprint density at radius 3 is 2.50 bits per heavy atom. The van der Waals surface area contributed by atoms with Gasteiger partial charge < -0.3 is 5.32 Å². The van der Waals surface area contributed by atoms with Crippen LogP contribution in [0.15, 0.2) is 18.2 Å². The van der Waals surface area contributed by atoms with Crippen LogP contribution in [0.5, 0.6) is 0 Å². The van der Waals surface area contributed by atoms with Gasteiger partial charge in [-0.3, -0.25) is 0 Å². The minimum atomic E-state index is -4.47. The SMILES string of the molecule is CC(C)SC(=S)Nc1ccc(Cl)c(C(F)(F)F)c1. The summed E-state index contributed by atoms with van der Waals surface area (Å²) in [6.07, 6.45) is -4.47. The highest BCUT2D eigenvalue weighted by Crippen LogP contribution is 2.36. The Hall–Kier alpha value is -0.460. The van der Waals surface area contributed by atoms with E-state index in [2.05, 4.69) is 5.32 Å². The molecule has 0 saturated carbocycles. The number of hydrogen-bond acceptors (Lipinski definition) is 2. The van der Waals surface area contributed by atoms with Gasteiger partial charge in [-0.25, -0.2) is 0 Å². The molecule has 1 nitrogen and oxygen atoms in total. The van der Waals surface area contributed by atoms with E-state index in [0.717, 1.165) is 6.07 Å². The van der Waals surface area contributed by atoms with Crippen molar-refractivity contribution < 1.29 is 13.2 Å². The number of thioether (sulfide) groups is 1. The van der Waals surface area contributed by atoms with Crippen LogP contribution in [0.25, 0.3) is 0 Å². The van der Waals surface area contributed by atoms with Crippen molar-refractivity contribution in [3.05, 3.63) is 28.8 Å². The lowest BCUT2D eigenvalue weighted by atomic mass is 10.2. The van der Waals surface area contributed by atoms with Crippen LogP contribution in [0.4, 0.5) is 18.9 Å². The molecule has 1 rings (SSSR count). The zero-order valence-electron chi connectivity index (χ0n) is 9.64. The molecule has 0 aliphatic heterocycles. The fourth-order valence-electron chi connectivity index (χ4n) is 1.18. The Kier molecular flexibility index (Phi) is 5.31. The van der Waals surface area contributed by atoms with Crippen molar-refractivity contribution in [1.29, 1.82) is 0 Å². The lowest BCUT2D eigenvalue weighted by Crippen LogP contribution is -2.10. The number of hydrogen-bond donors (Lipinski definition) is 1. The minimum Gasteiger partial charge on any atom is -0.341 e. The normalized spacial score (nSPS) is 11.7. The van der Waals surface area contributed by atoms with E-state index < -0.39 is 11.7 Å². The molecule has 100 valence electrons. The second-order valence-electron chi connectivity index (χ2n) is 3.77. The molecule has 0 amide bonds. The average Bonchev–Trinajstić information content (AvgIpc) is 2.17. The van der Waals surface area contributed by atoms with Gasteiger partial charge in [-0.1, -0.05) is 49.4 Å². The fraction of sp³-hybridized carbons (Fsp3) is 0.364. The molecule has 1 aromatic rings. The van der Waals surface area contributed by atoms with E-state index in [1.54, 1.807) is 0 Å². The molecular formula is C11H11ClF3NS2. The van der Waals surface area contributed by atoms with Crippen LogP contribution < -0.4 is 5.32 Å². The molecule has 0 saturated heterocycles. The topological polar surface area (TPSA) is 12.0 Å². The average molecular weight is 314 g/mol. The standard InChI is InChI=1S/C11H11ClF3NS2/c1-6(2)18-10(17)16-7-3-4-9(12)8(5-7)11(13,14)15/h3-6H,1-2H3,(H,16,17). The van der Waals surface area contributed by atoms with E-state index in [1.807, 2.05) is 13.8 Å². The van der Waals surface area contributed by atoms with Crippen LogP contribution in [0.2, 0.25) is 5.02 Å². The smallest absolute Gasteiger partial charge is 0.341 e. The van der Waals surface area contributed by atoms with Crippen molar-refractivity contribution in [2.24, 2.45) is 0 Å². The van der Waals surface area contributed by atoms with Crippen molar-refractivity contribution in [3.8, 4) is 0 Å². The van der Waals surface area contributed by atoms with Gasteiger partial charge in [0.15, 0.2) is 0 Å². The van der Waals surface area contributed by atoms with E-state index in [-0.39, 0.29) is 16.0 Å². The van der Waals surface area contributed by atoms with Gasteiger partial charge >= 0.3 is 6.18 Å². The summed E-state index contributed by atoms with van der Waals surface area (Å²) in [7, 11) is 0. The molecule has 0 atom stereocenters. The molecule has 1 N–H and O–H groups in total. The molecule has 18 heavy (non-hydrogen) atoms. The number of alkyl halides is 3. The van der Waals surface area contributed by atoms with E-state index in [9.17, 15) is 13.2 Å². The summed E-state index contributed by atoms with van der Waals surface area (Å²) in [4.78, 5) is 0. The maximum atomic E-state index is 12.6. The summed E-state index contributed by atoms with van der Waals surface area (Å²) in [5, 5.41) is 2.69. The number of benzene rings is 1. The third kappa shape index (κ3) is 4.66. The second kappa shape index (κ2) is 6.12. The van der Waals surface area contributed by atoms with E-state index >= 15 is 0 Å². The Morgan fingerprint density at radius 1 is 1.39 bits per heavy atom. The molecule has 7 heteroatoms. The van der Waals surface area contributed by atoms with Crippen molar-refractivity contribution in [2.45, 2.75) is 25.3 Å². The van der Waals surface area contributed by atoms with Crippen molar-refractivity contribution in [1.82, 2.24) is 0 Å². The molecule has 0 aromatic heterocycles. The summed E-state index contributed by atoms with van der Waals surface area (Å²) < 4.78 is 38.3. The van der Waals surface area contributed by atoms with Crippen molar-refractivity contribution in [2.75, 3.05) is 5.32 Å². The number of thiocarbonyl (C=S) groups is 1. The Morgan fingerprint density at radius 2 is 2.00 bits per heavy atom. The fourth-order valence-corrected chi connectivity index (χ4v) is 2.71. The summed E-state index contributed by atoms with van der Waals surface area (Å²) >= 11 is 11.9. The predicted molar refractivity (Wildman–Crippen MR) is 75.4 cm³/mol. The van der Waals surface area contributed by atoms with Gasteiger partial charge in [0, 0.05) is 10.9 Å². The molecule has 0 fully saturated rings. The molecule has 0 radical (unpaired) electrons. The molecule has 1 aromatic carbocycles. The first-order chi connectivity index (χ1) is 8.20. The Balaban J connectivity index is 2.89. The van der Waals surface area contributed by atoms with Crippen LogP contribution >= 0.6 is 35.6 Å². The number of halogens is 4. The first-order valence-corrected chi connectivity index (χ1v) is 6.71. The lowest BCUT2D eigenvalue weighted by Gasteiger charge is -2.13. The molecule has 0 bridgehead atoms. The van der Waals surface area contributed by atoms with Crippen LogP contribution in [0.3, 0.4) is 0 Å². The van der Waals surface area contributed by atoms with Crippen molar-refractivity contribution in [3.63, 3.8) is 0 Å². The maximum absolute atomic E-state index is 12.6. The quantitative estimate of drug-likeness (QED) is 0.754. The van der Waals surface area contributed by atoms with Crippen LogP contribution in [-0.4, -0.2) is 9.57 Å². The first kappa shape index (κ1) is 15.6. The highest BCUT2D eigenvalue weighted by atomic mass is 35.5.